The normalized spacial score (nSPS) is 11.0. The molecule has 0 fully saturated rings. The van der Waals surface area contributed by atoms with Crippen LogP contribution in [0.1, 0.15) is 37.2 Å². The number of nitrogens with two attached hydrogens (primary N) is 1. The quantitative estimate of drug-likeness (QED) is 0.705. The summed E-state index contributed by atoms with van der Waals surface area (Å²) in [6.07, 6.45) is 0.808. The summed E-state index contributed by atoms with van der Waals surface area (Å²) in [6.45, 7) is 3.56. The first-order chi connectivity index (χ1) is 8.45. The highest BCUT2D eigenvalue weighted by atomic mass is 16.4. The number of primary amides is 1. The summed E-state index contributed by atoms with van der Waals surface area (Å²) < 4.78 is 0. The van der Waals surface area contributed by atoms with Crippen LogP contribution >= 0.6 is 0 Å². The Kier molecular flexibility index (Phi) is 4.25. The van der Waals surface area contributed by atoms with Gasteiger partial charge >= 0.3 is 5.97 Å². The van der Waals surface area contributed by atoms with E-state index < -0.39 is 17.4 Å². The number of carboxylic acid groups (broad SMARTS) is 1. The van der Waals surface area contributed by atoms with Gasteiger partial charge in [0.2, 0.25) is 0 Å². The smallest absolute Gasteiger partial charge is 0.329 e. The van der Waals surface area contributed by atoms with Gasteiger partial charge in [-0.05, 0) is 25.0 Å². The summed E-state index contributed by atoms with van der Waals surface area (Å²) >= 11 is 0. The number of carbonyl (C=O) groups excluding carboxylic acids is 1. The number of nitrogens with one attached hydrogen (secondary N) is 1. The average Bonchev–Trinajstić information content (AvgIpc) is 2.36. The zero-order valence-electron chi connectivity index (χ0n) is 10.4. The lowest BCUT2D eigenvalue weighted by molar-refractivity contribution is -0.142. The first kappa shape index (κ1) is 14.0. The molecule has 6 nitrogen and oxygen atoms in total. The fraction of sp³-hybridized carbons (Fsp3) is 0.417. The van der Waals surface area contributed by atoms with Crippen molar-refractivity contribution >= 4 is 17.7 Å². The Morgan fingerprint density at radius 3 is 2.44 bits per heavy atom. The van der Waals surface area contributed by atoms with Crippen LogP contribution in [-0.2, 0) is 4.79 Å². The summed E-state index contributed by atoms with van der Waals surface area (Å²) in [4.78, 5) is 26.3. The number of pyridine rings is 1. The van der Waals surface area contributed by atoms with Crippen molar-refractivity contribution in [3.05, 3.63) is 23.9 Å². The third-order valence-electron chi connectivity index (χ3n) is 2.99. The van der Waals surface area contributed by atoms with Crippen LogP contribution in [-0.4, -0.2) is 27.5 Å². The number of hydrogen-bond donors (Lipinski definition) is 3. The van der Waals surface area contributed by atoms with Crippen LogP contribution in [0.2, 0.25) is 0 Å². The molecular weight excluding hydrogens is 234 g/mol. The minimum atomic E-state index is -1.08. The van der Waals surface area contributed by atoms with Crippen molar-refractivity contribution in [2.24, 2.45) is 5.73 Å². The Balaban J connectivity index is 3.05. The minimum absolute atomic E-state index is 0.103. The second-order valence-electron chi connectivity index (χ2n) is 3.99. The van der Waals surface area contributed by atoms with Crippen LogP contribution in [0.5, 0.6) is 0 Å². The maximum Gasteiger partial charge on any atom is 0.329 e. The molecule has 98 valence electrons. The van der Waals surface area contributed by atoms with Crippen molar-refractivity contribution in [3.63, 3.8) is 0 Å². The Hall–Kier alpha value is -2.11. The molecule has 0 saturated heterocycles. The highest BCUT2D eigenvalue weighted by Crippen LogP contribution is 2.21. The Morgan fingerprint density at radius 2 is 2.00 bits per heavy atom. The number of aromatic nitrogens is 1. The molecule has 1 aromatic rings. The number of amides is 1. The Labute approximate surface area is 105 Å². The molecule has 0 atom stereocenters. The van der Waals surface area contributed by atoms with Crippen LogP contribution in [0.4, 0.5) is 5.82 Å². The van der Waals surface area contributed by atoms with Gasteiger partial charge in [0, 0.05) is 0 Å². The molecule has 1 amide bonds. The Morgan fingerprint density at radius 1 is 1.39 bits per heavy atom. The van der Waals surface area contributed by atoms with Gasteiger partial charge in [0.15, 0.2) is 0 Å². The van der Waals surface area contributed by atoms with Crippen molar-refractivity contribution in [2.75, 3.05) is 5.32 Å². The maximum absolute atomic E-state index is 11.3. The van der Waals surface area contributed by atoms with E-state index in [1.54, 1.807) is 26.0 Å². The van der Waals surface area contributed by atoms with Gasteiger partial charge in [0.25, 0.3) is 5.91 Å². The predicted octanol–water partition coefficient (Wildman–Crippen LogP) is 1.24. The van der Waals surface area contributed by atoms with E-state index in [4.69, 9.17) is 5.73 Å². The predicted molar refractivity (Wildman–Crippen MR) is 67.3 cm³/mol. The summed E-state index contributed by atoms with van der Waals surface area (Å²) in [5, 5.41) is 12.1. The number of nitrogens with zero attached hydrogens (tertiary/aromatic N) is 1. The summed E-state index contributed by atoms with van der Waals surface area (Å²) in [5.41, 5.74) is 4.15. The number of aliphatic carboxylic acids is 1. The summed E-state index contributed by atoms with van der Waals surface area (Å²) in [5.74, 6) is -1.26. The number of carboxylic acids is 1. The molecule has 0 unspecified atom stereocenters. The molecule has 0 spiro atoms. The molecule has 18 heavy (non-hydrogen) atoms. The van der Waals surface area contributed by atoms with Gasteiger partial charge in [-0.15, -0.1) is 0 Å². The molecule has 0 bridgehead atoms. The van der Waals surface area contributed by atoms with Crippen LogP contribution < -0.4 is 11.1 Å². The molecule has 0 saturated carbocycles. The van der Waals surface area contributed by atoms with E-state index in [0.717, 1.165) is 0 Å². The fourth-order valence-electron chi connectivity index (χ4n) is 1.67. The van der Waals surface area contributed by atoms with E-state index in [1.165, 1.54) is 6.07 Å². The Bertz CT molecular complexity index is 456. The van der Waals surface area contributed by atoms with Crippen molar-refractivity contribution in [1.82, 2.24) is 4.98 Å². The first-order valence-electron chi connectivity index (χ1n) is 5.73. The number of rotatable bonds is 6. The largest absolute Gasteiger partial charge is 0.480 e. The van der Waals surface area contributed by atoms with Crippen LogP contribution in [0.25, 0.3) is 0 Å². The van der Waals surface area contributed by atoms with Gasteiger partial charge in [-0.2, -0.15) is 0 Å². The summed E-state index contributed by atoms with van der Waals surface area (Å²) in [7, 11) is 0. The standard InChI is InChI=1S/C12H17N3O3/c1-3-12(4-2,11(17)18)15-9-7-5-6-8(14-9)10(13)16/h5-7H,3-4H2,1-2H3,(H2,13,16)(H,14,15)(H,17,18). The van der Waals surface area contributed by atoms with Gasteiger partial charge in [-0.1, -0.05) is 19.9 Å². The number of hydrogen-bond acceptors (Lipinski definition) is 4. The van der Waals surface area contributed by atoms with Crippen molar-refractivity contribution in [3.8, 4) is 0 Å². The molecule has 0 aliphatic rings. The zero-order valence-corrected chi connectivity index (χ0v) is 10.4. The van der Waals surface area contributed by atoms with Crippen molar-refractivity contribution < 1.29 is 14.7 Å². The molecule has 0 aliphatic heterocycles. The first-order valence-corrected chi connectivity index (χ1v) is 5.73. The van der Waals surface area contributed by atoms with Gasteiger partial charge in [0.1, 0.15) is 17.1 Å². The second-order valence-corrected chi connectivity index (χ2v) is 3.99. The van der Waals surface area contributed by atoms with Gasteiger partial charge in [-0.3, -0.25) is 4.79 Å². The molecule has 6 heteroatoms. The lowest BCUT2D eigenvalue weighted by Crippen LogP contribution is -2.45. The average molecular weight is 251 g/mol. The van der Waals surface area contributed by atoms with Crippen molar-refractivity contribution in [1.29, 1.82) is 0 Å². The topological polar surface area (TPSA) is 105 Å². The van der Waals surface area contributed by atoms with E-state index in [1.807, 2.05) is 0 Å². The third-order valence-corrected chi connectivity index (χ3v) is 2.99. The second kappa shape index (κ2) is 5.48. The molecule has 0 radical (unpaired) electrons. The molecular formula is C12H17N3O3. The van der Waals surface area contributed by atoms with Crippen LogP contribution in [0, 0.1) is 0 Å². The maximum atomic E-state index is 11.3. The lowest BCUT2D eigenvalue weighted by Gasteiger charge is -2.28. The molecule has 0 aliphatic carbocycles. The van der Waals surface area contributed by atoms with Crippen LogP contribution in [0.3, 0.4) is 0 Å². The van der Waals surface area contributed by atoms with Gasteiger partial charge in [-0.25, -0.2) is 9.78 Å². The minimum Gasteiger partial charge on any atom is -0.480 e. The molecule has 4 N–H and O–H groups in total. The molecule has 1 rings (SSSR count). The fourth-order valence-corrected chi connectivity index (χ4v) is 1.67. The molecule has 1 aromatic heterocycles. The van der Waals surface area contributed by atoms with E-state index in [0.29, 0.717) is 18.7 Å². The van der Waals surface area contributed by atoms with Crippen molar-refractivity contribution in [2.45, 2.75) is 32.2 Å². The highest BCUT2D eigenvalue weighted by Gasteiger charge is 2.35. The third kappa shape index (κ3) is 2.77. The number of anilines is 1. The number of carbonyl (C=O) groups is 2. The molecule has 0 aromatic carbocycles. The lowest BCUT2D eigenvalue weighted by atomic mass is 9.93. The monoisotopic (exact) mass is 251 g/mol. The van der Waals surface area contributed by atoms with E-state index in [2.05, 4.69) is 10.3 Å². The van der Waals surface area contributed by atoms with E-state index >= 15 is 0 Å². The molecule has 1 heterocycles. The van der Waals surface area contributed by atoms with E-state index in [9.17, 15) is 14.7 Å². The van der Waals surface area contributed by atoms with Gasteiger partial charge in [0.05, 0.1) is 0 Å². The zero-order chi connectivity index (χ0) is 13.8. The summed E-state index contributed by atoms with van der Waals surface area (Å²) in [6, 6.07) is 4.69. The van der Waals surface area contributed by atoms with E-state index in [-0.39, 0.29) is 5.69 Å². The highest BCUT2D eigenvalue weighted by molar-refractivity contribution is 5.91. The van der Waals surface area contributed by atoms with Gasteiger partial charge < -0.3 is 16.2 Å². The van der Waals surface area contributed by atoms with Crippen LogP contribution in [0.15, 0.2) is 18.2 Å². The SMILES string of the molecule is CCC(CC)(Nc1cccc(C(N)=O)n1)C(=O)O.